The Labute approximate surface area is 83.9 Å². The molecule has 0 aliphatic heterocycles. The van der Waals surface area contributed by atoms with Crippen molar-refractivity contribution in [3.63, 3.8) is 0 Å². The lowest BCUT2D eigenvalue weighted by atomic mass is 10.1. The highest BCUT2D eigenvalue weighted by molar-refractivity contribution is 6.31. The van der Waals surface area contributed by atoms with Crippen LogP contribution in [0, 0.1) is 5.92 Å². The summed E-state index contributed by atoms with van der Waals surface area (Å²) in [6, 6.07) is 8.36. The molecule has 2 rings (SSSR count). The molecule has 3 unspecified atom stereocenters. The molecule has 1 saturated carbocycles. The number of hydrogen-bond acceptors (Lipinski definition) is 1. The molecule has 0 amide bonds. The SMILES string of the molecule is CC(N)C1CC1c1ccccc1Cl. The number of benzene rings is 1. The Bertz CT molecular complexity index is 309. The first-order valence-electron chi connectivity index (χ1n) is 4.70. The molecule has 1 fully saturated rings. The van der Waals surface area contributed by atoms with Gasteiger partial charge in [0.05, 0.1) is 0 Å². The molecule has 2 heteroatoms. The minimum atomic E-state index is 0.293. The van der Waals surface area contributed by atoms with Crippen LogP contribution in [0.25, 0.3) is 0 Å². The van der Waals surface area contributed by atoms with Gasteiger partial charge in [0.15, 0.2) is 0 Å². The van der Waals surface area contributed by atoms with Crippen molar-refractivity contribution in [1.82, 2.24) is 0 Å². The number of rotatable bonds is 2. The Morgan fingerprint density at radius 3 is 2.69 bits per heavy atom. The monoisotopic (exact) mass is 195 g/mol. The van der Waals surface area contributed by atoms with Crippen molar-refractivity contribution in [3.8, 4) is 0 Å². The Hall–Kier alpha value is -0.530. The summed E-state index contributed by atoms with van der Waals surface area (Å²) in [6.45, 7) is 2.07. The fourth-order valence-corrected chi connectivity index (χ4v) is 2.21. The van der Waals surface area contributed by atoms with Crippen LogP contribution in [0.2, 0.25) is 5.02 Å². The highest BCUT2D eigenvalue weighted by Crippen LogP contribution is 2.50. The van der Waals surface area contributed by atoms with E-state index in [-0.39, 0.29) is 0 Å². The first-order chi connectivity index (χ1) is 6.20. The molecular formula is C11H14ClN. The van der Waals surface area contributed by atoms with E-state index >= 15 is 0 Å². The molecular weight excluding hydrogens is 182 g/mol. The van der Waals surface area contributed by atoms with Gasteiger partial charge in [0.25, 0.3) is 0 Å². The van der Waals surface area contributed by atoms with E-state index in [9.17, 15) is 0 Å². The fourth-order valence-electron chi connectivity index (χ4n) is 1.93. The first-order valence-corrected chi connectivity index (χ1v) is 5.08. The van der Waals surface area contributed by atoms with Crippen LogP contribution >= 0.6 is 11.6 Å². The lowest BCUT2D eigenvalue weighted by Crippen LogP contribution is -2.17. The van der Waals surface area contributed by atoms with Gasteiger partial charge in [0.2, 0.25) is 0 Å². The van der Waals surface area contributed by atoms with Crippen molar-refractivity contribution < 1.29 is 0 Å². The molecule has 0 aromatic heterocycles. The Morgan fingerprint density at radius 1 is 1.46 bits per heavy atom. The zero-order chi connectivity index (χ0) is 9.42. The van der Waals surface area contributed by atoms with Gasteiger partial charge in [0.1, 0.15) is 0 Å². The summed E-state index contributed by atoms with van der Waals surface area (Å²) < 4.78 is 0. The van der Waals surface area contributed by atoms with Gasteiger partial charge < -0.3 is 5.73 Å². The third kappa shape index (κ3) is 1.72. The Balaban J connectivity index is 2.16. The lowest BCUT2D eigenvalue weighted by molar-refractivity contribution is 0.632. The highest BCUT2D eigenvalue weighted by Gasteiger charge is 2.41. The largest absolute Gasteiger partial charge is 0.328 e. The second-order valence-electron chi connectivity index (χ2n) is 3.89. The van der Waals surface area contributed by atoms with Gasteiger partial charge >= 0.3 is 0 Å². The summed E-state index contributed by atoms with van der Waals surface area (Å²) in [5.41, 5.74) is 7.10. The van der Waals surface area contributed by atoms with Crippen molar-refractivity contribution in [2.24, 2.45) is 11.7 Å². The number of hydrogen-bond donors (Lipinski definition) is 1. The molecule has 0 bridgehead atoms. The summed E-state index contributed by atoms with van der Waals surface area (Å²) in [5, 5.41) is 0.885. The summed E-state index contributed by atoms with van der Waals surface area (Å²) >= 11 is 6.09. The molecule has 3 atom stereocenters. The third-order valence-corrected chi connectivity index (χ3v) is 3.16. The molecule has 0 radical (unpaired) electrons. The van der Waals surface area contributed by atoms with E-state index in [1.807, 2.05) is 18.2 Å². The van der Waals surface area contributed by atoms with E-state index in [0.29, 0.717) is 17.9 Å². The van der Waals surface area contributed by atoms with Crippen LogP contribution in [0.5, 0.6) is 0 Å². The maximum absolute atomic E-state index is 6.09. The van der Waals surface area contributed by atoms with Crippen molar-refractivity contribution in [2.45, 2.75) is 25.3 Å². The van der Waals surface area contributed by atoms with Gasteiger partial charge in [-0.25, -0.2) is 0 Å². The van der Waals surface area contributed by atoms with E-state index in [4.69, 9.17) is 17.3 Å². The normalized spacial score (nSPS) is 28.5. The zero-order valence-electron chi connectivity index (χ0n) is 7.70. The van der Waals surface area contributed by atoms with Gasteiger partial charge in [-0.3, -0.25) is 0 Å². The lowest BCUT2D eigenvalue weighted by Gasteiger charge is -2.05. The second-order valence-corrected chi connectivity index (χ2v) is 4.29. The summed E-state index contributed by atoms with van der Waals surface area (Å²) in [5.74, 6) is 1.24. The van der Waals surface area contributed by atoms with Crippen molar-refractivity contribution in [3.05, 3.63) is 34.9 Å². The zero-order valence-corrected chi connectivity index (χ0v) is 8.46. The summed E-state index contributed by atoms with van der Waals surface area (Å²) in [4.78, 5) is 0. The van der Waals surface area contributed by atoms with Crippen LogP contribution < -0.4 is 5.73 Å². The quantitative estimate of drug-likeness (QED) is 0.772. The minimum Gasteiger partial charge on any atom is -0.328 e. The van der Waals surface area contributed by atoms with E-state index in [1.165, 1.54) is 12.0 Å². The molecule has 0 spiro atoms. The number of nitrogens with two attached hydrogens (primary N) is 1. The molecule has 1 aliphatic rings. The van der Waals surface area contributed by atoms with Crippen LogP contribution in [-0.2, 0) is 0 Å². The van der Waals surface area contributed by atoms with Crippen molar-refractivity contribution >= 4 is 11.6 Å². The van der Waals surface area contributed by atoms with E-state index in [0.717, 1.165) is 5.02 Å². The van der Waals surface area contributed by atoms with Crippen molar-refractivity contribution in [2.75, 3.05) is 0 Å². The predicted octanol–water partition coefficient (Wildman–Crippen LogP) is 2.79. The van der Waals surface area contributed by atoms with Crippen LogP contribution in [0.4, 0.5) is 0 Å². The second kappa shape index (κ2) is 3.32. The molecule has 1 aromatic carbocycles. The van der Waals surface area contributed by atoms with Crippen LogP contribution in [0.3, 0.4) is 0 Å². The average Bonchev–Trinajstić information content (AvgIpc) is 2.84. The van der Waals surface area contributed by atoms with Gasteiger partial charge in [-0.1, -0.05) is 29.8 Å². The molecule has 1 nitrogen and oxygen atoms in total. The van der Waals surface area contributed by atoms with E-state index in [2.05, 4.69) is 13.0 Å². The summed E-state index contributed by atoms with van der Waals surface area (Å²) in [7, 11) is 0. The van der Waals surface area contributed by atoms with Crippen molar-refractivity contribution in [1.29, 1.82) is 0 Å². The maximum atomic E-state index is 6.09. The molecule has 1 aromatic rings. The van der Waals surface area contributed by atoms with Gasteiger partial charge in [-0.05, 0) is 36.8 Å². The summed E-state index contributed by atoms with van der Waals surface area (Å²) in [6.07, 6.45) is 1.20. The molecule has 1 aliphatic carbocycles. The standard InChI is InChI=1S/C11H14ClN/c1-7(13)9-6-10(9)8-4-2-3-5-11(8)12/h2-5,7,9-10H,6,13H2,1H3. The average molecular weight is 196 g/mol. The number of halogens is 1. The molecule has 0 saturated heterocycles. The smallest absolute Gasteiger partial charge is 0.0440 e. The molecule has 0 heterocycles. The molecule has 2 N–H and O–H groups in total. The van der Waals surface area contributed by atoms with Crippen LogP contribution in [-0.4, -0.2) is 6.04 Å². The van der Waals surface area contributed by atoms with Gasteiger partial charge in [0, 0.05) is 11.1 Å². The van der Waals surface area contributed by atoms with Gasteiger partial charge in [-0.2, -0.15) is 0 Å². The topological polar surface area (TPSA) is 26.0 Å². The van der Waals surface area contributed by atoms with E-state index in [1.54, 1.807) is 0 Å². The Kier molecular flexibility index (Phi) is 2.31. The molecule has 70 valence electrons. The van der Waals surface area contributed by atoms with Gasteiger partial charge in [-0.15, -0.1) is 0 Å². The highest BCUT2D eigenvalue weighted by atomic mass is 35.5. The fraction of sp³-hybridized carbons (Fsp3) is 0.455. The van der Waals surface area contributed by atoms with E-state index < -0.39 is 0 Å². The maximum Gasteiger partial charge on any atom is 0.0440 e. The Morgan fingerprint density at radius 2 is 2.15 bits per heavy atom. The first kappa shape index (κ1) is 9.04. The van der Waals surface area contributed by atoms with Crippen LogP contribution in [0.15, 0.2) is 24.3 Å². The van der Waals surface area contributed by atoms with Crippen LogP contribution in [0.1, 0.15) is 24.8 Å². The minimum absolute atomic E-state index is 0.293. The predicted molar refractivity (Wildman–Crippen MR) is 55.9 cm³/mol. The third-order valence-electron chi connectivity index (χ3n) is 2.82. The molecule has 13 heavy (non-hydrogen) atoms.